The fraction of sp³-hybridized carbons (Fsp3) is 0.667. The van der Waals surface area contributed by atoms with E-state index in [2.05, 4.69) is 80.9 Å². The van der Waals surface area contributed by atoms with Crippen molar-refractivity contribution in [2.24, 2.45) is 0 Å². The van der Waals surface area contributed by atoms with Gasteiger partial charge in [-0.2, -0.15) is 0 Å². The van der Waals surface area contributed by atoms with E-state index in [9.17, 15) is 0 Å². The molecule has 0 aliphatic carbocycles. The second-order valence-corrected chi connectivity index (χ2v) is 22.7. The fourth-order valence-corrected chi connectivity index (χ4v) is 5.99. The van der Waals surface area contributed by atoms with E-state index in [4.69, 9.17) is 23.1 Å². The quantitative estimate of drug-likeness (QED) is 0.195. The predicted octanol–water partition coefficient (Wildman–Crippen LogP) is 8.03. The Morgan fingerprint density at radius 2 is 1.54 bits per heavy atom. The Bertz CT molecular complexity index is 857. The molecule has 5 nitrogen and oxygen atoms in total. The normalized spacial score (nSPS) is 23.4. The molecule has 210 valence electrons. The van der Waals surface area contributed by atoms with Crippen LogP contribution in [0.3, 0.4) is 0 Å². The van der Waals surface area contributed by atoms with Gasteiger partial charge in [-0.1, -0.05) is 84.0 Å². The molecule has 0 radical (unpaired) electrons. The third kappa shape index (κ3) is 8.72. The number of rotatable bonds is 12. The molecule has 1 aromatic carbocycles. The summed E-state index contributed by atoms with van der Waals surface area (Å²) >= 11 is 0. The summed E-state index contributed by atoms with van der Waals surface area (Å²) in [6, 6.07) is 9.97. The molecule has 0 bridgehead atoms. The van der Waals surface area contributed by atoms with Crippen LogP contribution < -0.4 is 0 Å². The van der Waals surface area contributed by atoms with Gasteiger partial charge in [0.05, 0.1) is 19.3 Å². The van der Waals surface area contributed by atoms with Gasteiger partial charge in [0.1, 0.15) is 18.3 Å². The maximum atomic E-state index is 6.93. The molecule has 0 unspecified atom stereocenters. The number of benzene rings is 1. The van der Waals surface area contributed by atoms with E-state index >= 15 is 0 Å². The molecule has 1 aliphatic rings. The van der Waals surface area contributed by atoms with Crippen molar-refractivity contribution >= 4 is 16.6 Å². The van der Waals surface area contributed by atoms with Crippen LogP contribution in [0, 0.1) is 0 Å². The van der Waals surface area contributed by atoms with Crippen molar-refractivity contribution in [3.05, 3.63) is 61.2 Å². The summed E-state index contributed by atoms with van der Waals surface area (Å²) in [5.41, 5.74) is 0.983. The summed E-state index contributed by atoms with van der Waals surface area (Å²) in [6.45, 7) is 31.5. The minimum atomic E-state index is -2.08. The Morgan fingerprint density at radius 3 is 2.05 bits per heavy atom. The largest absolute Gasteiger partial charge is 0.414 e. The Balaban J connectivity index is 2.30. The fourth-order valence-electron chi connectivity index (χ4n) is 3.62. The highest BCUT2D eigenvalue weighted by atomic mass is 28.4. The molecule has 2 rings (SSSR count). The third-order valence-corrected chi connectivity index (χ3v) is 17.2. The van der Waals surface area contributed by atoms with Crippen LogP contribution in [-0.2, 0) is 23.1 Å². The van der Waals surface area contributed by atoms with Crippen LogP contribution in [0.15, 0.2) is 55.6 Å². The van der Waals surface area contributed by atoms with Crippen LogP contribution in [-0.4, -0.2) is 54.3 Å². The molecule has 5 atom stereocenters. The molecule has 0 N–H and O–H groups in total. The lowest BCUT2D eigenvalue weighted by Crippen LogP contribution is -2.53. The molecule has 1 aromatic rings. The van der Waals surface area contributed by atoms with E-state index in [-0.39, 0.29) is 34.5 Å². The lowest BCUT2D eigenvalue weighted by molar-refractivity contribution is -0.266. The monoisotopic (exact) mass is 548 g/mol. The molecular formula is C30H52O5Si2. The molecule has 1 saturated heterocycles. The Hall–Kier alpha value is -1.07. The number of ether oxygens (including phenoxy) is 3. The van der Waals surface area contributed by atoms with Gasteiger partial charge >= 0.3 is 0 Å². The first-order valence-corrected chi connectivity index (χ1v) is 19.4. The van der Waals surface area contributed by atoms with Crippen molar-refractivity contribution in [2.45, 2.75) is 115 Å². The summed E-state index contributed by atoms with van der Waals surface area (Å²) in [5.74, 6) is 0. The lowest BCUT2D eigenvalue weighted by Gasteiger charge is -2.44. The van der Waals surface area contributed by atoms with Crippen LogP contribution >= 0.6 is 0 Å². The molecule has 1 aliphatic heterocycles. The minimum absolute atomic E-state index is 0.0703. The molecule has 0 saturated carbocycles. The Morgan fingerprint density at radius 1 is 0.946 bits per heavy atom. The molecule has 1 heterocycles. The van der Waals surface area contributed by atoms with Crippen molar-refractivity contribution in [3.8, 4) is 0 Å². The van der Waals surface area contributed by atoms with E-state index < -0.39 is 22.9 Å². The molecule has 0 aromatic heterocycles. The summed E-state index contributed by atoms with van der Waals surface area (Å²) in [6.07, 6.45) is 2.86. The van der Waals surface area contributed by atoms with Crippen molar-refractivity contribution in [2.75, 3.05) is 13.2 Å². The van der Waals surface area contributed by atoms with Gasteiger partial charge < -0.3 is 23.1 Å². The highest BCUT2D eigenvalue weighted by Crippen LogP contribution is 2.40. The molecule has 0 spiro atoms. The van der Waals surface area contributed by atoms with E-state index in [1.165, 1.54) is 0 Å². The van der Waals surface area contributed by atoms with Crippen molar-refractivity contribution in [1.82, 2.24) is 0 Å². The van der Waals surface area contributed by atoms with Crippen molar-refractivity contribution < 1.29 is 23.1 Å². The highest BCUT2D eigenvalue weighted by molar-refractivity contribution is 6.74. The van der Waals surface area contributed by atoms with Gasteiger partial charge in [-0.3, -0.25) is 0 Å². The molecule has 1 fully saturated rings. The summed E-state index contributed by atoms with van der Waals surface area (Å²) in [4.78, 5) is 0. The average Bonchev–Trinajstić information content (AvgIpc) is 2.80. The number of hydrogen-bond acceptors (Lipinski definition) is 5. The second kappa shape index (κ2) is 12.9. The summed E-state index contributed by atoms with van der Waals surface area (Å²) in [5, 5.41) is 0.163. The third-order valence-electron chi connectivity index (χ3n) is 8.19. The smallest absolute Gasteiger partial charge is 0.192 e. The van der Waals surface area contributed by atoms with E-state index in [1.54, 1.807) is 0 Å². The zero-order valence-electron chi connectivity index (χ0n) is 25.0. The first-order chi connectivity index (χ1) is 17.0. The maximum absolute atomic E-state index is 6.93. The summed E-state index contributed by atoms with van der Waals surface area (Å²) < 4.78 is 32.8. The second-order valence-electron chi connectivity index (χ2n) is 13.1. The van der Waals surface area contributed by atoms with Gasteiger partial charge in [0.2, 0.25) is 0 Å². The van der Waals surface area contributed by atoms with Crippen LogP contribution in [0.25, 0.3) is 0 Å². The standard InChI is InChI=1S/C30H52O5Si2/c1-13-18-25(35-37(11,12)30(6,7)8)27(22-32-36(9,10)29(3,4)5)33-26-21-31-28(34-24(26)14-2)23-19-16-15-17-20-23/h13-17,19-20,24-28H,1-2,18,21-22H2,3-12H3/t24-,25+,26+,27-,28+/m0/s1. The topological polar surface area (TPSA) is 46.2 Å². The SMILES string of the molecule is C=CC[C@@H](O[Si](C)(C)C(C)(C)C)[C@H](CO[Si](C)(C)C(C)(C)C)O[C@@H]1CO[C@@H](c2ccccc2)O[C@H]1C=C. The predicted molar refractivity (Wildman–Crippen MR) is 159 cm³/mol. The van der Waals surface area contributed by atoms with E-state index in [0.717, 1.165) is 5.56 Å². The molecule has 37 heavy (non-hydrogen) atoms. The molecular weight excluding hydrogens is 496 g/mol. The van der Waals surface area contributed by atoms with Crippen molar-refractivity contribution in [3.63, 3.8) is 0 Å². The highest BCUT2D eigenvalue weighted by Gasteiger charge is 2.44. The van der Waals surface area contributed by atoms with Gasteiger partial charge in [0, 0.05) is 5.56 Å². The van der Waals surface area contributed by atoms with Crippen LogP contribution in [0.1, 0.15) is 59.8 Å². The number of hydrogen-bond donors (Lipinski definition) is 0. The minimum Gasteiger partial charge on any atom is -0.414 e. The Labute approximate surface area is 228 Å². The van der Waals surface area contributed by atoms with Gasteiger partial charge in [0.25, 0.3) is 0 Å². The molecule has 7 heteroatoms. The Kier molecular flexibility index (Phi) is 11.2. The van der Waals surface area contributed by atoms with Gasteiger partial charge in [0.15, 0.2) is 22.9 Å². The zero-order chi connectivity index (χ0) is 28.1. The van der Waals surface area contributed by atoms with Gasteiger partial charge in [-0.15, -0.1) is 13.2 Å². The first-order valence-electron chi connectivity index (χ1n) is 13.5. The maximum Gasteiger partial charge on any atom is 0.192 e. The summed E-state index contributed by atoms with van der Waals surface area (Å²) in [7, 11) is -4.09. The molecule has 0 amide bonds. The van der Waals surface area contributed by atoms with Crippen LogP contribution in [0.5, 0.6) is 0 Å². The first kappa shape index (κ1) is 32.1. The van der Waals surface area contributed by atoms with Crippen LogP contribution in [0.4, 0.5) is 0 Å². The van der Waals surface area contributed by atoms with E-state index in [0.29, 0.717) is 19.6 Å². The van der Waals surface area contributed by atoms with Crippen LogP contribution in [0.2, 0.25) is 36.3 Å². The van der Waals surface area contributed by atoms with Gasteiger partial charge in [-0.25, -0.2) is 0 Å². The van der Waals surface area contributed by atoms with Gasteiger partial charge in [-0.05, 0) is 42.7 Å². The average molecular weight is 549 g/mol. The zero-order valence-corrected chi connectivity index (χ0v) is 27.0. The lowest BCUT2D eigenvalue weighted by atomic mass is 10.1. The van der Waals surface area contributed by atoms with E-state index in [1.807, 2.05) is 42.5 Å². The van der Waals surface area contributed by atoms with Crippen molar-refractivity contribution in [1.29, 1.82) is 0 Å².